The van der Waals surface area contributed by atoms with Crippen molar-refractivity contribution in [3.63, 3.8) is 0 Å². The van der Waals surface area contributed by atoms with E-state index in [4.69, 9.17) is 0 Å². The van der Waals surface area contributed by atoms with Gasteiger partial charge in [0.15, 0.2) is 0 Å². The molecule has 3 nitrogen and oxygen atoms in total. The van der Waals surface area contributed by atoms with Crippen LogP contribution < -0.4 is 10.6 Å². The molecular weight excluding hydrogens is 220 g/mol. The Kier molecular flexibility index (Phi) is 2.52. The molecule has 1 fully saturated rings. The number of hydrogen-bond acceptors (Lipinski definition) is 2. The number of rotatable bonds is 1. The Bertz CT molecular complexity index is 433. The fraction of sp³-hybridized carbons (Fsp3) is 0.417. The normalized spacial score (nSPS) is 23.5. The van der Waals surface area contributed by atoms with Crippen LogP contribution in [0.3, 0.4) is 0 Å². The monoisotopic (exact) mass is 234 g/mol. The molecular formula is C12H14N2OS. The fourth-order valence-corrected chi connectivity index (χ4v) is 3.27. The molecule has 1 atom stereocenters. The van der Waals surface area contributed by atoms with E-state index in [0.717, 1.165) is 0 Å². The lowest BCUT2D eigenvalue weighted by Crippen LogP contribution is -2.21. The second-order valence-electron chi connectivity index (χ2n) is 4.23. The van der Waals surface area contributed by atoms with E-state index in [2.05, 4.69) is 28.8 Å². The summed E-state index contributed by atoms with van der Waals surface area (Å²) in [6.45, 7) is 0.699. The van der Waals surface area contributed by atoms with Gasteiger partial charge in [-0.05, 0) is 35.8 Å². The van der Waals surface area contributed by atoms with Crippen LogP contribution in [0.1, 0.15) is 23.6 Å². The topological polar surface area (TPSA) is 41.1 Å². The van der Waals surface area contributed by atoms with Crippen LogP contribution in [0, 0.1) is 0 Å². The van der Waals surface area contributed by atoms with Crippen LogP contribution >= 0.6 is 11.8 Å². The summed E-state index contributed by atoms with van der Waals surface area (Å²) in [5, 5.41) is 5.71. The number of hydrogen-bond donors (Lipinski definition) is 2. The second-order valence-corrected chi connectivity index (χ2v) is 5.36. The number of carbonyl (C=O) groups excluding carboxylic acids is 1. The van der Waals surface area contributed by atoms with Gasteiger partial charge in [0.05, 0.1) is 6.04 Å². The fourth-order valence-electron chi connectivity index (χ4n) is 2.25. The molecule has 0 spiro atoms. The molecule has 0 radical (unpaired) electrons. The Morgan fingerprint density at radius 3 is 3.12 bits per heavy atom. The molecule has 1 unspecified atom stereocenters. The largest absolute Gasteiger partial charge is 0.336 e. The molecule has 1 aromatic carbocycles. The quantitative estimate of drug-likeness (QED) is 0.781. The first-order chi connectivity index (χ1) is 7.83. The van der Waals surface area contributed by atoms with Gasteiger partial charge in [0.25, 0.3) is 0 Å². The minimum absolute atomic E-state index is 0.0582. The Hall–Kier alpha value is -1.16. The first-order valence-corrected chi connectivity index (χ1v) is 6.61. The van der Waals surface area contributed by atoms with Gasteiger partial charge in [0, 0.05) is 11.4 Å². The third-order valence-electron chi connectivity index (χ3n) is 3.11. The maximum atomic E-state index is 11.1. The predicted octanol–water partition coefficient (Wildman–Crippen LogP) is 2.08. The highest BCUT2D eigenvalue weighted by Crippen LogP contribution is 2.32. The van der Waals surface area contributed by atoms with E-state index < -0.39 is 0 Å². The minimum atomic E-state index is -0.0582. The highest BCUT2D eigenvalue weighted by molar-refractivity contribution is 7.99. The Balaban J connectivity index is 1.88. The predicted molar refractivity (Wildman–Crippen MR) is 64.8 cm³/mol. The number of carbonyl (C=O) groups is 1. The van der Waals surface area contributed by atoms with Gasteiger partial charge >= 0.3 is 6.03 Å². The molecule has 4 heteroatoms. The van der Waals surface area contributed by atoms with Crippen molar-refractivity contribution in [1.82, 2.24) is 10.6 Å². The zero-order valence-corrected chi connectivity index (χ0v) is 9.77. The Morgan fingerprint density at radius 2 is 2.31 bits per heavy atom. The molecule has 84 valence electrons. The average Bonchev–Trinajstić information content (AvgIpc) is 2.75. The minimum Gasteiger partial charge on any atom is -0.336 e. The molecule has 1 saturated heterocycles. The maximum absolute atomic E-state index is 11.1. The molecule has 1 aromatic rings. The molecule has 0 saturated carbocycles. The average molecular weight is 234 g/mol. The number of nitrogens with one attached hydrogen (secondary N) is 2. The van der Waals surface area contributed by atoms with E-state index in [0.29, 0.717) is 6.54 Å². The van der Waals surface area contributed by atoms with Crippen molar-refractivity contribution in [2.75, 3.05) is 12.3 Å². The van der Waals surface area contributed by atoms with E-state index in [1.54, 1.807) is 0 Å². The molecule has 2 amide bonds. The molecule has 0 aliphatic carbocycles. The molecule has 0 aromatic heterocycles. The van der Waals surface area contributed by atoms with Crippen molar-refractivity contribution >= 4 is 17.8 Å². The molecule has 3 rings (SSSR count). The van der Waals surface area contributed by atoms with Gasteiger partial charge in [-0.25, -0.2) is 4.79 Å². The summed E-state index contributed by atoms with van der Waals surface area (Å²) >= 11 is 1.94. The van der Waals surface area contributed by atoms with Crippen LogP contribution in [0.15, 0.2) is 23.1 Å². The summed E-state index contributed by atoms with van der Waals surface area (Å²) in [6, 6.07) is 6.66. The van der Waals surface area contributed by atoms with Crippen LogP contribution in [0.4, 0.5) is 4.79 Å². The van der Waals surface area contributed by atoms with E-state index in [-0.39, 0.29) is 12.1 Å². The number of benzene rings is 1. The number of thioether (sulfide) groups is 1. The summed E-state index contributed by atoms with van der Waals surface area (Å²) < 4.78 is 0. The van der Waals surface area contributed by atoms with Gasteiger partial charge < -0.3 is 10.6 Å². The summed E-state index contributed by atoms with van der Waals surface area (Å²) in [5.74, 6) is 1.23. The molecule has 2 aliphatic heterocycles. The molecule has 2 N–H and O–H groups in total. The van der Waals surface area contributed by atoms with Gasteiger partial charge in [-0.1, -0.05) is 12.1 Å². The zero-order valence-electron chi connectivity index (χ0n) is 8.95. The van der Waals surface area contributed by atoms with Crippen molar-refractivity contribution in [3.05, 3.63) is 29.3 Å². The van der Waals surface area contributed by atoms with Crippen LogP contribution in [0.2, 0.25) is 0 Å². The molecule has 16 heavy (non-hydrogen) atoms. The van der Waals surface area contributed by atoms with Crippen molar-refractivity contribution in [2.24, 2.45) is 0 Å². The van der Waals surface area contributed by atoms with E-state index in [1.807, 2.05) is 11.8 Å². The van der Waals surface area contributed by atoms with Crippen LogP contribution in [0.25, 0.3) is 0 Å². The first-order valence-electron chi connectivity index (χ1n) is 5.63. The number of amides is 2. The third kappa shape index (κ3) is 1.78. The van der Waals surface area contributed by atoms with E-state index >= 15 is 0 Å². The van der Waals surface area contributed by atoms with Crippen LogP contribution in [-0.2, 0) is 6.42 Å². The van der Waals surface area contributed by atoms with Gasteiger partial charge in [-0.15, -0.1) is 11.8 Å². The summed E-state index contributed by atoms with van der Waals surface area (Å²) in [7, 11) is 0. The lowest BCUT2D eigenvalue weighted by molar-refractivity contribution is 0.247. The van der Waals surface area contributed by atoms with E-state index in [1.165, 1.54) is 34.6 Å². The zero-order chi connectivity index (χ0) is 11.0. The third-order valence-corrected chi connectivity index (χ3v) is 4.31. The van der Waals surface area contributed by atoms with Crippen LogP contribution in [-0.4, -0.2) is 18.3 Å². The number of fused-ring (bicyclic) bond motifs is 1. The lowest BCUT2D eigenvalue weighted by atomic mass is 10.0. The summed E-state index contributed by atoms with van der Waals surface area (Å²) in [6.07, 6.45) is 2.43. The molecule has 2 heterocycles. The highest BCUT2D eigenvalue weighted by Gasteiger charge is 2.22. The van der Waals surface area contributed by atoms with Crippen molar-refractivity contribution in [1.29, 1.82) is 0 Å². The smallest absolute Gasteiger partial charge is 0.315 e. The Labute approximate surface area is 99.0 Å². The van der Waals surface area contributed by atoms with Gasteiger partial charge in [0.2, 0.25) is 0 Å². The first kappa shape index (κ1) is 10.0. The Morgan fingerprint density at radius 1 is 1.38 bits per heavy atom. The second kappa shape index (κ2) is 4.01. The molecule has 0 bridgehead atoms. The lowest BCUT2D eigenvalue weighted by Gasteiger charge is -2.18. The SMILES string of the molecule is O=C1NCC(c2ccc3c(c2)CCCS3)N1. The van der Waals surface area contributed by atoms with Crippen LogP contribution in [0.5, 0.6) is 0 Å². The highest BCUT2D eigenvalue weighted by atomic mass is 32.2. The van der Waals surface area contributed by atoms with E-state index in [9.17, 15) is 4.79 Å². The van der Waals surface area contributed by atoms with Crippen molar-refractivity contribution in [2.45, 2.75) is 23.8 Å². The summed E-state index contributed by atoms with van der Waals surface area (Å²) in [4.78, 5) is 12.5. The van der Waals surface area contributed by atoms with Crippen molar-refractivity contribution in [3.8, 4) is 0 Å². The van der Waals surface area contributed by atoms with Gasteiger partial charge in [-0.3, -0.25) is 0 Å². The molecule has 2 aliphatic rings. The number of urea groups is 1. The number of aryl methyl sites for hydroxylation is 1. The van der Waals surface area contributed by atoms with Crippen molar-refractivity contribution < 1.29 is 4.79 Å². The summed E-state index contributed by atoms with van der Waals surface area (Å²) in [5.41, 5.74) is 2.66. The van der Waals surface area contributed by atoms with Gasteiger partial charge in [0.1, 0.15) is 0 Å². The maximum Gasteiger partial charge on any atom is 0.315 e. The standard InChI is InChI=1S/C12H14N2OS/c15-12-13-7-10(14-12)8-3-4-11-9(6-8)2-1-5-16-11/h3-4,6,10H,1-2,5,7H2,(H2,13,14,15). The van der Waals surface area contributed by atoms with Gasteiger partial charge in [-0.2, -0.15) is 0 Å².